The quantitative estimate of drug-likeness (QED) is 0.776. The number of benzene rings is 2. The van der Waals surface area contributed by atoms with Gasteiger partial charge >= 0.3 is 0 Å². The highest BCUT2D eigenvalue weighted by atomic mass is 32.2. The zero-order chi connectivity index (χ0) is 20.5. The number of hydrazone groups is 1. The smallest absolute Gasteiger partial charge is 0.247 e. The van der Waals surface area contributed by atoms with Gasteiger partial charge in [-0.25, -0.2) is 16.8 Å². The molecule has 1 aliphatic heterocycles. The zero-order valence-electron chi connectivity index (χ0n) is 16.0. The van der Waals surface area contributed by atoms with Crippen LogP contribution in [0.2, 0.25) is 0 Å². The third kappa shape index (κ3) is 4.36. The fourth-order valence-corrected chi connectivity index (χ4v) is 4.62. The summed E-state index contributed by atoms with van der Waals surface area (Å²) in [7, 11) is -7.07. The van der Waals surface area contributed by atoms with Crippen LogP contribution in [0.3, 0.4) is 0 Å². The van der Waals surface area contributed by atoms with Crippen molar-refractivity contribution in [2.24, 2.45) is 5.10 Å². The van der Waals surface area contributed by atoms with Crippen LogP contribution >= 0.6 is 0 Å². The van der Waals surface area contributed by atoms with Gasteiger partial charge in [0.05, 0.1) is 29.4 Å². The van der Waals surface area contributed by atoms with Crippen molar-refractivity contribution >= 4 is 31.4 Å². The molecule has 28 heavy (non-hydrogen) atoms. The second-order valence-electron chi connectivity index (χ2n) is 6.76. The molecule has 1 aliphatic rings. The van der Waals surface area contributed by atoms with E-state index in [4.69, 9.17) is 0 Å². The van der Waals surface area contributed by atoms with Crippen LogP contribution in [-0.4, -0.2) is 39.0 Å². The van der Waals surface area contributed by atoms with Gasteiger partial charge in [-0.15, -0.1) is 0 Å². The maximum atomic E-state index is 12.3. The first-order valence-corrected chi connectivity index (χ1v) is 12.3. The summed E-state index contributed by atoms with van der Waals surface area (Å²) in [6.07, 6.45) is 1.47. The molecule has 0 spiro atoms. The number of anilines is 1. The Kier molecular flexibility index (Phi) is 5.49. The Balaban J connectivity index is 2.03. The summed E-state index contributed by atoms with van der Waals surface area (Å²) in [6.45, 7) is 3.52. The lowest BCUT2D eigenvalue weighted by atomic mass is 9.98. The van der Waals surface area contributed by atoms with Gasteiger partial charge in [-0.1, -0.05) is 48.0 Å². The predicted octanol–water partition coefficient (Wildman–Crippen LogP) is 2.87. The van der Waals surface area contributed by atoms with Crippen LogP contribution in [0.25, 0.3) is 0 Å². The van der Waals surface area contributed by atoms with Gasteiger partial charge in [0.1, 0.15) is 0 Å². The summed E-state index contributed by atoms with van der Waals surface area (Å²) in [4.78, 5) is 0. The van der Waals surface area contributed by atoms with Crippen molar-refractivity contribution in [3.8, 4) is 0 Å². The van der Waals surface area contributed by atoms with Crippen LogP contribution in [0.1, 0.15) is 36.1 Å². The Morgan fingerprint density at radius 3 is 2.32 bits per heavy atom. The standard InChI is InChI=1S/C19H23N3O4S2/c1-4-28(25,26)21-17-8-6-5-7-16(17)18-13-19(22(20-18)27(3,23)24)15-11-9-14(2)10-12-15/h5-12,19,21H,4,13H2,1-3H3. The van der Waals surface area contributed by atoms with Gasteiger partial charge in [0.15, 0.2) is 0 Å². The number of hydrogen-bond donors (Lipinski definition) is 1. The van der Waals surface area contributed by atoms with Crippen molar-refractivity contribution in [1.29, 1.82) is 0 Å². The molecule has 0 aliphatic carbocycles. The zero-order valence-corrected chi connectivity index (χ0v) is 17.6. The molecule has 0 fully saturated rings. The third-order valence-electron chi connectivity index (χ3n) is 4.56. The molecule has 0 amide bonds. The molecule has 1 atom stereocenters. The first kappa shape index (κ1) is 20.3. The Labute approximate surface area is 166 Å². The Hall–Kier alpha value is -2.39. The number of hydrogen-bond acceptors (Lipinski definition) is 5. The normalized spacial score (nSPS) is 17.5. The minimum absolute atomic E-state index is 0.0603. The minimum Gasteiger partial charge on any atom is -0.283 e. The molecular weight excluding hydrogens is 398 g/mol. The molecule has 0 saturated carbocycles. The maximum Gasteiger partial charge on any atom is 0.247 e. The average Bonchev–Trinajstić information content (AvgIpc) is 3.08. The van der Waals surface area contributed by atoms with Gasteiger partial charge < -0.3 is 0 Å². The molecule has 1 heterocycles. The third-order valence-corrected chi connectivity index (χ3v) is 6.86. The maximum absolute atomic E-state index is 12.3. The second kappa shape index (κ2) is 7.56. The van der Waals surface area contributed by atoms with Crippen molar-refractivity contribution in [2.45, 2.75) is 26.3 Å². The van der Waals surface area contributed by atoms with E-state index in [-0.39, 0.29) is 5.75 Å². The van der Waals surface area contributed by atoms with E-state index in [0.717, 1.165) is 21.8 Å². The SMILES string of the molecule is CCS(=O)(=O)Nc1ccccc1C1=NN(S(C)(=O)=O)C(c2ccc(C)cc2)C1. The van der Waals surface area contributed by atoms with Gasteiger partial charge in [0, 0.05) is 12.0 Å². The van der Waals surface area contributed by atoms with E-state index >= 15 is 0 Å². The molecule has 150 valence electrons. The topological polar surface area (TPSA) is 95.9 Å². The fourth-order valence-electron chi connectivity index (χ4n) is 3.06. The molecule has 0 aromatic heterocycles. The van der Waals surface area contributed by atoms with Crippen LogP contribution in [0.5, 0.6) is 0 Å². The molecule has 2 aromatic carbocycles. The van der Waals surface area contributed by atoms with Crippen molar-refractivity contribution in [2.75, 3.05) is 16.7 Å². The van der Waals surface area contributed by atoms with Crippen LogP contribution in [0.15, 0.2) is 53.6 Å². The van der Waals surface area contributed by atoms with Crippen molar-refractivity contribution in [3.05, 3.63) is 65.2 Å². The minimum atomic E-state index is -3.60. The molecule has 0 bridgehead atoms. The lowest BCUT2D eigenvalue weighted by molar-refractivity contribution is 0.375. The van der Waals surface area contributed by atoms with Gasteiger partial charge in [-0.3, -0.25) is 4.72 Å². The summed E-state index contributed by atoms with van der Waals surface area (Å²) >= 11 is 0. The van der Waals surface area contributed by atoms with E-state index in [1.165, 1.54) is 0 Å². The van der Waals surface area contributed by atoms with Crippen LogP contribution < -0.4 is 4.72 Å². The van der Waals surface area contributed by atoms with Crippen molar-refractivity contribution < 1.29 is 16.8 Å². The highest BCUT2D eigenvalue weighted by Gasteiger charge is 2.35. The van der Waals surface area contributed by atoms with E-state index in [0.29, 0.717) is 23.4 Å². The summed E-state index contributed by atoms with van der Waals surface area (Å²) in [5.74, 6) is -0.0603. The van der Waals surface area contributed by atoms with Crippen LogP contribution in [-0.2, 0) is 20.0 Å². The number of para-hydroxylation sites is 1. The summed E-state index contributed by atoms with van der Waals surface area (Å²) in [6, 6.07) is 14.0. The summed E-state index contributed by atoms with van der Waals surface area (Å²) < 4.78 is 52.4. The summed E-state index contributed by atoms with van der Waals surface area (Å²) in [5.41, 5.74) is 3.39. The number of aryl methyl sites for hydroxylation is 1. The number of sulfonamides is 2. The van der Waals surface area contributed by atoms with Crippen LogP contribution in [0, 0.1) is 6.92 Å². The largest absolute Gasteiger partial charge is 0.283 e. The molecule has 1 unspecified atom stereocenters. The lowest BCUT2D eigenvalue weighted by Crippen LogP contribution is -2.25. The Morgan fingerprint density at radius 2 is 1.71 bits per heavy atom. The van der Waals surface area contributed by atoms with E-state index in [2.05, 4.69) is 9.82 Å². The van der Waals surface area contributed by atoms with Gasteiger partial charge in [-0.05, 0) is 25.5 Å². The number of rotatable bonds is 6. The van der Waals surface area contributed by atoms with Crippen molar-refractivity contribution in [3.63, 3.8) is 0 Å². The number of nitrogens with one attached hydrogen (secondary N) is 1. The Bertz CT molecular complexity index is 1110. The second-order valence-corrected chi connectivity index (χ2v) is 10.6. The van der Waals surface area contributed by atoms with Gasteiger partial charge in [-0.2, -0.15) is 9.52 Å². The highest BCUT2D eigenvalue weighted by molar-refractivity contribution is 7.92. The highest BCUT2D eigenvalue weighted by Crippen LogP contribution is 2.36. The lowest BCUT2D eigenvalue weighted by Gasteiger charge is -2.21. The predicted molar refractivity (Wildman–Crippen MR) is 111 cm³/mol. The molecular formula is C19H23N3O4S2. The van der Waals surface area contributed by atoms with Gasteiger partial charge in [0.2, 0.25) is 20.0 Å². The fraction of sp³-hybridized carbons (Fsp3) is 0.316. The molecule has 3 rings (SSSR count). The van der Waals surface area contributed by atoms with E-state index in [9.17, 15) is 16.8 Å². The van der Waals surface area contributed by atoms with Gasteiger partial charge in [0.25, 0.3) is 0 Å². The van der Waals surface area contributed by atoms with E-state index in [1.807, 2.05) is 31.2 Å². The number of nitrogens with zero attached hydrogens (tertiary/aromatic N) is 2. The monoisotopic (exact) mass is 421 g/mol. The molecule has 7 nitrogen and oxygen atoms in total. The Morgan fingerprint density at radius 1 is 1.07 bits per heavy atom. The van der Waals surface area contributed by atoms with Crippen molar-refractivity contribution in [1.82, 2.24) is 4.41 Å². The molecule has 1 N–H and O–H groups in total. The average molecular weight is 422 g/mol. The first-order valence-electron chi connectivity index (χ1n) is 8.84. The van der Waals surface area contributed by atoms with Crippen LogP contribution in [0.4, 0.5) is 5.69 Å². The molecule has 2 aromatic rings. The first-order chi connectivity index (χ1) is 13.1. The summed E-state index contributed by atoms with van der Waals surface area (Å²) in [5, 5.41) is 4.35. The molecule has 9 heteroatoms. The van der Waals surface area contributed by atoms with E-state index < -0.39 is 26.1 Å². The molecule has 0 radical (unpaired) electrons. The molecule has 0 saturated heterocycles. The van der Waals surface area contributed by atoms with E-state index in [1.54, 1.807) is 31.2 Å².